The normalized spacial score (nSPS) is 10.5. The van der Waals surface area contributed by atoms with Crippen LogP contribution in [0.4, 0.5) is 0 Å². The first kappa shape index (κ1) is 12.1. The van der Waals surface area contributed by atoms with Gasteiger partial charge in [-0.15, -0.1) is 21.5 Å². The van der Waals surface area contributed by atoms with Crippen LogP contribution in [0.25, 0.3) is 0 Å². The maximum atomic E-state index is 11.7. The zero-order valence-electron chi connectivity index (χ0n) is 9.43. The molecule has 0 bridgehead atoms. The first-order chi connectivity index (χ1) is 8.16. The van der Waals surface area contributed by atoms with Gasteiger partial charge in [-0.1, -0.05) is 0 Å². The van der Waals surface area contributed by atoms with E-state index in [1.165, 1.54) is 0 Å². The molecule has 2 rings (SSSR count). The van der Waals surface area contributed by atoms with Crippen molar-refractivity contribution in [2.45, 2.75) is 20.3 Å². The zero-order chi connectivity index (χ0) is 12.3. The van der Waals surface area contributed by atoms with E-state index in [-0.39, 0.29) is 5.91 Å². The number of rotatable bonds is 4. The highest BCUT2D eigenvalue weighted by atomic mass is 32.1. The molecule has 0 spiro atoms. The Labute approximate surface area is 106 Å². The molecule has 0 fully saturated rings. The SMILES string of the molecule is Cc1nnc(CCNC(=O)c2nsnc2C)s1. The summed E-state index contributed by atoms with van der Waals surface area (Å²) in [6, 6.07) is 0. The Kier molecular flexibility index (Phi) is 3.75. The fourth-order valence-corrected chi connectivity index (χ4v) is 2.50. The van der Waals surface area contributed by atoms with E-state index in [4.69, 9.17) is 0 Å². The monoisotopic (exact) mass is 269 g/mol. The van der Waals surface area contributed by atoms with Crippen LogP contribution in [0.1, 0.15) is 26.2 Å². The smallest absolute Gasteiger partial charge is 0.272 e. The first-order valence-corrected chi connectivity index (χ1v) is 6.58. The molecule has 2 aromatic rings. The molecular weight excluding hydrogens is 258 g/mol. The Balaban J connectivity index is 1.83. The third-order valence-corrected chi connectivity index (χ3v) is 3.58. The predicted molar refractivity (Wildman–Crippen MR) is 65.3 cm³/mol. The molecule has 17 heavy (non-hydrogen) atoms. The van der Waals surface area contributed by atoms with Gasteiger partial charge in [-0.05, 0) is 13.8 Å². The van der Waals surface area contributed by atoms with Crippen molar-refractivity contribution >= 4 is 29.0 Å². The van der Waals surface area contributed by atoms with Gasteiger partial charge >= 0.3 is 0 Å². The lowest BCUT2D eigenvalue weighted by Gasteiger charge is -2.00. The number of aromatic nitrogens is 4. The largest absolute Gasteiger partial charge is 0.350 e. The third-order valence-electron chi connectivity index (χ3n) is 2.06. The summed E-state index contributed by atoms with van der Waals surface area (Å²) in [6.45, 7) is 4.21. The van der Waals surface area contributed by atoms with Gasteiger partial charge in [0.1, 0.15) is 10.0 Å². The summed E-state index contributed by atoms with van der Waals surface area (Å²) in [5.74, 6) is -0.183. The van der Waals surface area contributed by atoms with E-state index in [2.05, 4.69) is 24.3 Å². The summed E-state index contributed by atoms with van der Waals surface area (Å²) in [5, 5.41) is 12.5. The van der Waals surface area contributed by atoms with Crippen LogP contribution in [-0.2, 0) is 6.42 Å². The van der Waals surface area contributed by atoms with Crippen molar-refractivity contribution in [2.24, 2.45) is 0 Å². The number of nitrogens with zero attached hydrogens (tertiary/aromatic N) is 4. The summed E-state index contributed by atoms with van der Waals surface area (Å²) < 4.78 is 7.90. The van der Waals surface area contributed by atoms with E-state index in [0.717, 1.165) is 21.7 Å². The fraction of sp³-hybridized carbons (Fsp3) is 0.444. The second-order valence-corrected chi connectivity index (χ2v) is 5.21. The van der Waals surface area contributed by atoms with Crippen molar-refractivity contribution < 1.29 is 4.79 Å². The van der Waals surface area contributed by atoms with Gasteiger partial charge in [0.15, 0.2) is 5.69 Å². The molecule has 90 valence electrons. The Morgan fingerprint density at radius 1 is 1.29 bits per heavy atom. The zero-order valence-corrected chi connectivity index (χ0v) is 11.1. The molecule has 0 radical (unpaired) electrons. The molecular formula is C9H11N5OS2. The topological polar surface area (TPSA) is 80.7 Å². The highest BCUT2D eigenvalue weighted by molar-refractivity contribution is 7.11. The number of hydrogen-bond donors (Lipinski definition) is 1. The minimum atomic E-state index is -0.183. The van der Waals surface area contributed by atoms with Gasteiger partial charge in [-0.3, -0.25) is 4.79 Å². The molecule has 0 unspecified atom stereocenters. The van der Waals surface area contributed by atoms with Crippen molar-refractivity contribution in [3.8, 4) is 0 Å². The number of carbonyl (C=O) groups is 1. The van der Waals surface area contributed by atoms with E-state index in [0.29, 0.717) is 24.4 Å². The molecule has 1 amide bonds. The van der Waals surface area contributed by atoms with Gasteiger partial charge < -0.3 is 5.32 Å². The van der Waals surface area contributed by atoms with Gasteiger partial charge in [-0.25, -0.2) is 0 Å². The average molecular weight is 269 g/mol. The van der Waals surface area contributed by atoms with Gasteiger partial charge in [0.05, 0.1) is 17.4 Å². The number of aryl methyl sites for hydroxylation is 2. The number of hydrogen-bond acceptors (Lipinski definition) is 7. The summed E-state index contributed by atoms with van der Waals surface area (Å²) in [7, 11) is 0. The van der Waals surface area contributed by atoms with Gasteiger partial charge in [0, 0.05) is 13.0 Å². The van der Waals surface area contributed by atoms with Gasteiger partial charge in [-0.2, -0.15) is 8.75 Å². The lowest BCUT2D eigenvalue weighted by molar-refractivity contribution is 0.0949. The van der Waals surface area contributed by atoms with E-state index in [9.17, 15) is 4.79 Å². The standard InChI is InChI=1S/C9H11N5OS2/c1-5-8(14-17-13-5)9(15)10-4-3-7-12-11-6(2)16-7/h3-4H2,1-2H3,(H,10,15). The highest BCUT2D eigenvalue weighted by Crippen LogP contribution is 2.08. The van der Waals surface area contributed by atoms with Crippen molar-refractivity contribution in [3.05, 3.63) is 21.4 Å². The molecule has 0 atom stereocenters. The Bertz CT molecular complexity index is 521. The van der Waals surface area contributed by atoms with Crippen LogP contribution in [0.2, 0.25) is 0 Å². The lowest BCUT2D eigenvalue weighted by Crippen LogP contribution is -2.26. The maximum absolute atomic E-state index is 11.7. The molecule has 2 heterocycles. The molecule has 0 saturated carbocycles. The van der Waals surface area contributed by atoms with Crippen LogP contribution in [0.5, 0.6) is 0 Å². The summed E-state index contributed by atoms with van der Waals surface area (Å²) in [6.07, 6.45) is 0.688. The first-order valence-electron chi connectivity index (χ1n) is 5.03. The van der Waals surface area contributed by atoms with Crippen LogP contribution >= 0.6 is 23.1 Å². The summed E-state index contributed by atoms with van der Waals surface area (Å²) in [5.41, 5.74) is 1.07. The summed E-state index contributed by atoms with van der Waals surface area (Å²) in [4.78, 5) is 11.7. The lowest BCUT2D eigenvalue weighted by atomic mass is 10.3. The van der Waals surface area contributed by atoms with Crippen LogP contribution in [-0.4, -0.2) is 31.4 Å². The molecule has 0 aliphatic carbocycles. The van der Waals surface area contributed by atoms with E-state index in [1.807, 2.05) is 6.92 Å². The van der Waals surface area contributed by atoms with Crippen LogP contribution < -0.4 is 5.32 Å². The van der Waals surface area contributed by atoms with Crippen LogP contribution in [0.15, 0.2) is 0 Å². The minimum Gasteiger partial charge on any atom is -0.350 e. The Morgan fingerprint density at radius 3 is 2.71 bits per heavy atom. The number of carbonyl (C=O) groups excluding carboxylic acids is 1. The maximum Gasteiger partial charge on any atom is 0.272 e. The Morgan fingerprint density at radius 2 is 2.12 bits per heavy atom. The van der Waals surface area contributed by atoms with Crippen molar-refractivity contribution in [3.63, 3.8) is 0 Å². The van der Waals surface area contributed by atoms with E-state index < -0.39 is 0 Å². The molecule has 0 saturated heterocycles. The number of amides is 1. The molecule has 2 aromatic heterocycles. The molecule has 0 aliphatic heterocycles. The van der Waals surface area contributed by atoms with Gasteiger partial charge in [0.2, 0.25) is 0 Å². The second-order valence-electron chi connectivity index (χ2n) is 3.42. The molecule has 6 nitrogen and oxygen atoms in total. The second kappa shape index (κ2) is 5.28. The quantitative estimate of drug-likeness (QED) is 0.895. The molecule has 8 heteroatoms. The van der Waals surface area contributed by atoms with E-state index in [1.54, 1.807) is 18.3 Å². The van der Waals surface area contributed by atoms with Crippen molar-refractivity contribution in [1.82, 2.24) is 24.3 Å². The third kappa shape index (κ3) is 3.04. The van der Waals surface area contributed by atoms with Crippen molar-refractivity contribution in [2.75, 3.05) is 6.54 Å². The van der Waals surface area contributed by atoms with E-state index >= 15 is 0 Å². The minimum absolute atomic E-state index is 0.183. The predicted octanol–water partition coefficient (Wildman–Crippen LogP) is 0.979. The van der Waals surface area contributed by atoms with Crippen LogP contribution in [0, 0.1) is 13.8 Å². The number of nitrogens with one attached hydrogen (secondary N) is 1. The van der Waals surface area contributed by atoms with Crippen LogP contribution in [0.3, 0.4) is 0 Å². The Hall–Kier alpha value is -1.41. The summed E-state index contributed by atoms with van der Waals surface area (Å²) >= 11 is 2.59. The van der Waals surface area contributed by atoms with Gasteiger partial charge in [0.25, 0.3) is 5.91 Å². The highest BCUT2D eigenvalue weighted by Gasteiger charge is 2.12. The average Bonchev–Trinajstić information content (AvgIpc) is 2.87. The molecule has 1 N–H and O–H groups in total. The van der Waals surface area contributed by atoms with Crippen molar-refractivity contribution in [1.29, 1.82) is 0 Å². The molecule has 0 aromatic carbocycles. The fourth-order valence-electron chi connectivity index (χ4n) is 1.24. The molecule has 0 aliphatic rings.